The first-order valence-corrected chi connectivity index (χ1v) is 13.0. The number of thiazole rings is 1. The van der Waals surface area contributed by atoms with Gasteiger partial charge < -0.3 is 14.2 Å². The van der Waals surface area contributed by atoms with Gasteiger partial charge in [-0.2, -0.15) is 0 Å². The molecular weight excluding hydrogens is 531 g/mol. The summed E-state index contributed by atoms with van der Waals surface area (Å²) in [5.74, 6) is 2.07. The standard InChI is InChI=1S/C28H24ClFN2O5S/c1-5-12-37-25-20(29)13-17(14-21(25)35-6-2)15-22-26(33)32-24(18-8-10-19(30)11-9-18)23(27(34)36-7-3)16(4)31-28(32)38-22/h1,8-11,13-15,24H,6-7,12H2,2-4H3/b22-15+. The number of carbonyl (C=O) groups excluding carboxylic acids is 1. The molecule has 0 aliphatic carbocycles. The second-order valence-electron chi connectivity index (χ2n) is 8.11. The van der Waals surface area contributed by atoms with Crippen LogP contribution in [-0.4, -0.2) is 30.4 Å². The van der Waals surface area contributed by atoms with E-state index in [0.717, 1.165) is 11.3 Å². The summed E-state index contributed by atoms with van der Waals surface area (Å²) < 4.78 is 32.0. The summed E-state index contributed by atoms with van der Waals surface area (Å²) >= 11 is 7.61. The van der Waals surface area contributed by atoms with Crippen LogP contribution in [0.1, 0.15) is 37.9 Å². The first-order valence-electron chi connectivity index (χ1n) is 11.8. The Balaban J connectivity index is 1.90. The summed E-state index contributed by atoms with van der Waals surface area (Å²) in [5.41, 5.74) is 1.40. The zero-order chi connectivity index (χ0) is 27.4. The lowest BCUT2D eigenvalue weighted by Gasteiger charge is -2.24. The molecule has 0 bridgehead atoms. The molecule has 0 saturated heterocycles. The molecule has 3 aromatic rings. The van der Waals surface area contributed by atoms with Crippen LogP contribution >= 0.6 is 22.9 Å². The summed E-state index contributed by atoms with van der Waals surface area (Å²) in [5, 5.41) is 0.273. The van der Waals surface area contributed by atoms with E-state index in [9.17, 15) is 14.0 Å². The Bertz CT molecular complexity index is 1630. The molecule has 196 valence electrons. The molecule has 2 aromatic carbocycles. The van der Waals surface area contributed by atoms with Crippen LogP contribution in [0, 0.1) is 18.2 Å². The van der Waals surface area contributed by atoms with Crippen molar-refractivity contribution in [1.82, 2.24) is 4.57 Å². The number of nitrogens with zero attached hydrogens (tertiary/aromatic N) is 2. The highest BCUT2D eigenvalue weighted by atomic mass is 35.5. The van der Waals surface area contributed by atoms with Gasteiger partial charge in [-0.3, -0.25) is 9.36 Å². The molecule has 0 amide bonds. The first-order chi connectivity index (χ1) is 18.3. The number of hydrogen-bond donors (Lipinski definition) is 0. The molecule has 2 heterocycles. The number of fused-ring (bicyclic) bond motifs is 1. The summed E-state index contributed by atoms with van der Waals surface area (Å²) in [4.78, 5) is 31.6. The lowest BCUT2D eigenvalue weighted by Crippen LogP contribution is -2.39. The second-order valence-corrected chi connectivity index (χ2v) is 9.53. The Labute approximate surface area is 227 Å². The summed E-state index contributed by atoms with van der Waals surface area (Å²) in [7, 11) is 0. The third-order valence-electron chi connectivity index (χ3n) is 5.63. The van der Waals surface area contributed by atoms with Gasteiger partial charge in [0, 0.05) is 0 Å². The second kappa shape index (κ2) is 11.7. The Morgan fingerprint density at radius 1 is 1.24 bits per heavy atom. The topological polar surface area (TPSA) is 79.1 Å². The molecule has 4 rings (SSSR count). The van der Waals surface area contributed by atoms with Crippen LogP contribution in [0.25, 0.3) is 6.08 Å². The number of allylic oxidation sites excluding steroid dienone is 1. The smallest absolute Gasteiger partial charge is 0.338 e. The monoisotopic (exact) mass is 554 g/mol. The van der Waals surface area contributed by atoms with Crippen LogP contribution in [0.3, 0.4) is 0 Å². The molecule has 0 radical (unpaired) electrons. The molecule has 0 spiro atoms. The molecule has 7 nitrogen and oxygen atoms in total. The fourth-order valence-electron chi connectivity index (χ4n) is 4.09. The average Bonchev–Trinajstić information content (AvgIpc) is 3.17. The van der Waals surface area contributed by atoms with Crippen LogP contribution in [-0.2, 0) is 9.53 Å². The van der Waals surface area contributed by atoms with Gasteiger partial charge in [0.2, 0.25) is 0 Å². The maximum Gasteiger partial charge on any atom is 0.338 e. The molecule has 1 aliphatic heterocycles. The van der Waals surface area contributed by atoms with Gasteiger partial charge in [-0.25, -0.2) is 14.2 Å². The van der Waals surface area contributed by atoms with Crippen LogP contribution in [0.2, 0.25) is 5.02 Å². The number of ether oxygens (including phenoxy) is 3. The third kappa shape index (κ3) is 5.37. The van der Waals surface area contributed by atoms with Crippen molar-refractivity contribution < 1.29 is 23.4 Å². The predicted octanol–water partition coefficient (Wildman–Crippen LogP) is 4.00. The first kappa shape index (κ1) is 27.2. The normalized spacial score (nSPS) is 14.9. The van der Waals surface area contributed by atoms with E-state index in [1.54, 1.807) is 32.1 Å². The van der Waals surface area contributed by atoms with Gasteiger partial charge >= 0.3 is 5.97 Å². The highest BCUT2D eigenvalue weighted by Crippen LogP contribution is 2.37. The van der Waals surface area contributed by atoms with E-state index in [2.05, 4.69) is 10.9 Å². The maximum atomic E-state index is 13.7. The van der Waals surface area contributed by atoms with Gasteiger partial charge in [-0.05, 0) is 62.2 Å². The van der Waals surface area contributed by atoms with Crippen molar-refractivity contribution in [3.63, 3.8) is 0 Å². The van der Waals surface area contributed by atoms with Gasteiger partial charge in [0.05, 0.1) is 40.1 Å². The number of esters is 1. The zero-order valence-electron chi connectivity index (χ0n) is 20.9. The van der Waals surface area contributed by atoms with Crippen molar-refractivity contribution in [2.24, 2.45) is 4.99 Å². The van der Waals surface area contributed by atoms with Gasteiger partial charge in [-0.1, -0.05) is 41.0 Å². The quantitative estimate of drug-likeness (QED) is 0.311. The van der Waals surface area contributed by atoms with Gasteiger partial charge in [0.25, 0.3) is 5.56 Å². The molecule has 0 N–H and O–H groups in total. The summed E-state index contributed by atoms with van der Waals surface area (Å²) in [6.07, 6.45) is 6.96. The van der Waals surface area contributed by atoms with Crippen molar-refractivity contribution >= 4 is 35.0 Å². The Morgan fingerprint density at radius 3 is 2.63 bits per heavy atom. The molecule has 1 aromatic heterocycles. The van der Waals surface area contributed by atoms with Crippen molar-refractivity contribution in [3.8, 4) is 23.8 Å². The number of benzene rings is 2. The summed E-state index contributed by atoms with van der Waals surface area (Å²) in [6.45, 7) is 5.73. The van der Waals surface area contributed by atoms with Crippen LogP contribution < -0.4 is 24.4 Å². The lowest BCUT2D eigenvalue weighted by molar-refractivity contribution is -0.139. The van der Waals surface area contributed by atoms with E-state index in [4.69, 9.17) is 32.2 Å². The minimum Gasteiger partial charge on any atom is -0.490 e. The molecule has 0 saturated carbocycles. The third-order valence-corrected chi connectivity index (χ3v) is 6.90. The van der Waals surface area contributed by atoms with Crippen LogP contribution in [0.5, 0.6) is 11.5 Å². The molecule has 1 aliphatic rings. The number of rotatable bonds is 8. The highest BCUT2D eigenvalue weighted by molar-refractivity contribution is 7.07. The van der Waals surface area contributed by atoms with E-state index < -0.39 is 17.8 Å². The van der Waals surface area contributed by atoms with Crippen molar-refractivity contribution in [1.29, 1.82) is 0 Å². The minimum absolute atomic E-state index is 0.0171. The minimum atomic E-state index is -0.838. The number of aromatic nitrogens is 1. The van der Waals surface area contributed by atoms with Crippen molar-refractivity contribution in [2.75, 3.05) is 19.8 Å². The van der Waals surface area contributed by atoms with E-state index in [0.29, 0.717) is 44.3 Å². The molecule has 1 atom stereocenters. The Hall–Kier alpha value is -3.87. The largest absolute Gasteiger partial charge is 0.490 e. The molecule has 1 unspecified atom stereocenters. The fraction of sp³-hybridized carbons (Fsp3) is 0.250. The van der Waals surface area contributed by atoms with E-state index in [1.807, 2.05) is 6.92 Å². The van der Waals surface area contributed by atoms with E-state index in [-0.39, 0.29) is 29.4 Å². The molecule has 38 heavy (non-hydrogen) atoms. The number of halogens is 2. The number of hydrogen-bond acceptors (Lipinski definition) is 7. The van der Waals surface area contributed by atoms with E-state index >= 15 is 0 Å². The van der Waals surface area contributed by atoms with Crippen molar-refractivity contribution in [2.45, 2.75) is 26.8 Å². The molecule has 0 fully saturated rings. The predicted molar refractivity (Wildman–Crippen MR) is 144 cm³/mol. The Morgan fingerprint density at radius 2 is 1.97 bits per heavy atom. The Kier molecular flexibility index (Phi) is 8.35. The molecular formula is C28H24ClFN2O5S. The van der Waals surface area contributed by atoms with Crippen molar-refractivity contribution in [3.05, 3.63) is 89.3 Å². The molecule has 10 heteroatoms. The number of carbonyl (C=O) groups is 1. The fourth-order valence-corrected chi connectivity index (χ4v) is 5.41. The van der Waals surface area contributed by atoms with Gasteiger partial charge in [0.15, 0.2) is 16.3 Å². The zero-order valence-corrected chi connectivity index (χ0v) is 22.5. The maximum absolute atomic E-state index is 13.7. The lowest BCUT2D eigenvalue weighted by atomic mass is 9.96. The van der Waals surface area contributed by atoms with E-state index in [1.165, 1.54) is 28.8 Å². The highest BCUT2D eigenvalue weighted by Gasteiger charge is 2.33. The van der Waals surface area contributed by atoms with Gasteiger partial charge in [0.1, 0.15) is 12.4 Å². The SMILES string of the molecule is C#CCOc1c(Cl)cc(/C=c2/sc3n(c2=O)C(c2ccc(F)cc2)C(C(=O)OCC)=C(C)N=3)cc1OCC. The van der Waals surface area contributed by atoms with Gasteiger partial charge in [-0.15, -0.1) is 6.42 Å². The average molecular weight is 555 g/mol. The van der Waals surface area contributed by atoms with Crippen LogP contribution in [0.15, 0.2) is 57.5 Å². The summed E-state index contributed by atoms with van der Waals surface area (Å²) in [6, 6.07) is 8.15. The number of terminal acetylenes is 1. The van der Waals surface area contributed by atoms with Crippen LogP contribution in [0.4, 0.5) is 4.39 Å².